The second-order valence-electron chi connectivity index (χ2n) is 2.75. The van der Waals surface area contributed by atoms with Crippen LogP contribution in [0, 0.1) is 4.91 Å². The third kappa shape index (κ3) is 3.54. The number of anilines is 1. The normalized spacial score (nSPS) is 10.8. The monoisotopic (exact) mass is 245 g/mol. The molecular formula is C8H10N2O5P+. The summed E-state index contributed by atoms with van der Waals surface area (Å²) in [5.74, 6) is 0.210. The van der Waals surface area contributed by atoms with E-state index in [1.165, 1.54) is 24.3 Å². The SMILES string of the molecule is O=NN(CCO)c1ccc(O[P+](=O)O)cc1. The van der Waals surface area contributed by atoms with Crippen LogP contribution in [0.3, 0.4) is 0 Å². The summed E-state index contributed by atoms with van der Waals surface area (Å²) in [7, 11) is -2.70. The molecule has 7 nitrogen and oxygen atoms in total. The Morgan fingerprint density at radius 2 is 2.00 bits per heavy atom. The highest BCUT2D eigenvalue weighted by molar-refractivity contribution is 7.32. The molecule has 0 bridgehead atoms. The molecule has 0 saturated heterocycles. The van der Waals surface area contributed by atoms with Gasteiger partial charge in [-0.1, -0.05) is 0 Å². The number of aliphatic hydroxyl groups excluding tert-OH is 1. The molecule has 0 radical (unpaired) electrons. The van der Waals surface area contributed by atoms with Crippen molar-refractivity contribution >= 4 is 13.9 Å². The topological polar surface area (TPSA) is 99.4 Å². The molecule has 1 aromatic rings. The van der Waals surface area contributed by atoms with Gasteiger partial charge in [0.25, 0.3) is 0 Å². The maximum absolute atomic E-state index is 10.4. The van der Waals surface area contributed by atoms with Crippen LogP contribution in [-0.4, -0.2) is 23.2 Å². The first-order valence-electron chi connectivity index (χ1n) is 4.33. The molecule has 0 fully saturated rings. The standard InChI is InChI=1S/C8H9N2O5P/c11-6-5-10(9-12)7-1-3-8(4-2-7)15-16(13)14/h1-4,11H,5-6H2/p+1. The fourth-order valence-corrected chi connectivity index (χ4v) is 1.38. The lowest BCUT2D eigenvalue weighted by atomic mass is 10.3. The van der Waals surface area contributed by atoms with E-state index in [-0.39, 0.29) is 18.9 Å². The molecule has 0 aliphatic heterocycles. The molecule has 0 aromatic heterocycles. The fraction of sp³-hybridized carbons (Fsp3) is 0.250. The van der Waals surface area contributed by atoms with Gasteiger partial charge in [0.1, 0.15) is 0 Å². The number of hydrogen-bond donors (Lipinski definition) is 2. The van der Waals surface area contributed by atoms with Crippen molar-refractivity contribution in [1.82, 2.24) is 0 Å². The van der Waals surface area contributed by atoms with E-state index in [9.17, 15) is 9.47 Å². The minimum absolute atomic E-state index is 0.0813. The van der Waals surface area contributed by atoms with Crippen LogP contribution in [0.1, 0.15) is 0 Å². The summed E-state index contributed by atoms with van der Waals surface area (Å²) in [6.07, 6.45) is 0. The van der Waals surface area contributed by atoms with Gasteiger partial charge in [-0.05, 0) is 24.3 Å². The lowest BCUT2D eigenvalue weighted by Crippen LogP contribution is -2.19. The van der Waals surface area contributed by atoms with Crippen molar-refractivity contribution in [3.05, 3.63) is 29.2 Å². The highest BCUT2D eigenvalue weighted by atomic mass is 31.1. The van der Waals surface area contributed by atoms with Crippen molar-refractivity contribution in [2.75, 3.05) is 18.2 Å². The maximum atomic E-state index is 10.4. The lowest BCUT2D eigenvalue weighted by molar-refractivity contribution is 0.302. The van der Waals surface area contributed by atoms with Crippen LogP contribution in [0.2, 0.25) is 0 Å². The Labute approximate surface area is 92.2 Å². The Balaban J connectivity index is 2.76. The van der Waals surface area contributed by atoms with Crippen LogP contribution in [-0.2, 0) is 4.57 Å². The van der Waals surface area contributed by atoms with Gasteiger partial charge in [0.05, 0.1) is 24.1 Å². The fourth-order valence-electron chi connectivity index (χ4n) is 1.08. The molecule has 1 rings (SSSR count). The molecule has 1 atom stereocenters. The van der Waals surface area contributed by atoms with E-state index < -0.39 is 8.25 Å². The molecule has 86 valence electrons. The zero-order valence-electron chi connectivity index (χ0n) is 8.18. The van der Waals surface area contributed by atoms with E-state index >= 15 is 0 Å². The second kappa shape index (κ2) is 6.12. The van der Waals surface area contributed by atoms with Crippen molar-refractivity contribution < 1.29 is 19.1 Å². The number of nitrogens with zero attached hydrogens (tertiary/aromatic N) is 2. The van der Waals surface area contributed by atoms with Crippen LogP contribution >= 0.6 is 8.25 Å². The van der Waals surface area contributed by atoms with E-state index in [2.05, 4.69) is 9.81 Å². The third-order valence-corrected chi connectivity index (χ3v) is 2.10. The van der Waals surface area contributed by atoms with Crippen molar-refractivity contribution in [2.45, 2.75) is 0 Å². The Kier molecular flexibility index (Phi) is 4.78. The first-order valence-corrected chi connectivity index (χ1v) is 5.46. The molecule has 8 heteroatoms. The number of benzene rings is 1. The van der Waals surface area contributed by atoms with E-state index in [1.54, 1.807) is 0 Å². The predicted octanol–water partition coefficient (Wildman–Crippen LogP) is 1.20. The first-order chi connectivity index (χ1) is 7.67. The summed E-state index contributed by atoms with van der Waals surface area (Å²) in [6.45, 7) is -0.121. The number of rotatable bonds is 6. The van der Waals surface area contributed by atoms with Crippen molar-refractivity contribution in [3.63, 3.8) is 0 Å². The van der Waals surface area contributed by atoms with E-state index in [0.717, 1.165) is 5.01 Å². The summed E-state index contributed by atoms with van der Waals surface area (Å²) in [6, 6.07) is 5.83. The Morgan fingerprint density at radius 1 is 1.38 bits per heavy atom. The highest BCUT2D eigenvalue weighted by Gasteiger charge is 2.14. The molecule has 0 spiro atoms. The molecule has 0 aliphatic carbocycles. The van der Waals surface area contributed by atoms with Gasteiger partial charge in [0.15, 0.2) is 5.75 Å². The minimum atomic E-state index is -2.70. The number of nitroso groups, excluding NO2 is 1. The second-order valence-corrected chi connectivity index (χ2v) is 3.41. The summed E-state index contributed by atoms with van der Waals surface area (Å²) >= 11 is 0. The molecule has 2 N–H and O–H groups in total. The van der Waals surface area contributed by atoms with Gasteiger partial charge in [-0.25, -0.2) is 9.53 Å². The van der Waals surface area contributed by atoms with Crippen LogP contribution < -0.4 is 9.53 Å². The smallest absolute Gasteiger partial charge is 0.394 e. The summed E-state index contributed by atoms with van der Waals surface area (Å²) < 4.78 is 14.9. The highest BCUT2D eigenvalue weighted by Crippen LogP contribution is 2.25. The quantitative estimate of drug-likeness (QED) is 0.443. The van der Waals surface area contributed by atoms with Gasteiger partial charge >= 0.3 is 8.25 Å². The zero-order valence-corrected chi connectivity index (χ0v) is 9.08. The zero-order chi connectivity index (χ0) is 12.0. The number of hydrogen-bond acceptors (Lipinski definition) is 5. The van der Waals surface area contributed by atoms with Gasteiger partial charge in [0.2, 0.25) is 0 Å². The molecule has 0 aliphatic rings. The Morgan fingerprint density at radius 3 is 2.44 bits per heavy atom. The maximum Gasteiger partial charge on any atom is 0.747 e. The molecule has 1 aromatic carbocycles. The third-order valence-electron chi connectivity index (χ3n) is 1.73. The Hall–Kier alpha value is -1.56. The molecule has 1 unspecified atom stereocenters. The molecule has 16 heavy (non-hydrogen) atoms. The van der Waals surface area contributed by atoms with Gasteiger partial charge in [-0.15, -0.1) is 9.80 Å². The average molecular weight is 245 g/mol. The van der Waals surface area contributed by atoms with Crippen molar-refractivity contribution in [2.24, 2.45) is 5.29 Å². The van der Waals surface area contributed by atoms with Crippen LogP contribution in [0.25, 0.3) is 0 Å². The Bertz CT molecular complexity index is 369. The molecular weight excluding hydrogens is 235 g/mol. The number of aliphatic hydroxyl groups is 1. The van der Waals surface area contributed by atoms with Crippen LogP contribution in [0.5, 0.6) is 5.75 Å². The van der Waals surface area contributed by atoms with Crippen molar-refractivity contribution in [1.29, 1.82) is 0 Å². The summed E-state index contributed by atoms with van der Waals surface area (Å²) in [5, 5.41) is 12.4. The van der Waals surface area contributed by atoms with Crippen molar-refractivity contribution in [3.8, 4) is 5.75 Å². The van der Waals surface area contributed by atoms with E-state index in [1.807, 2.05) is 0 Å². The summed E-state index contributed by atoms with van der Waals surface area (Å²) in [4.78, 5) is 18.9. The van der Waals surface area contributed by atoms with Gasteiger partial charge < -0.3 is 5.11 Å². The van der Waals surface area contributed by atoms with Gasteiger partial charge in [-0.2, -0.15) is 0 Å². The molecule has 0 saturated carbocycles. The lowest BCUT2D eigenvalue weighted by Gasteiger charge is -2.12. The van der Waals surface area contributed by atoms with E-state index in [0.29, 0.717) is 5.69 Å². The summed E-state index contributed by atoms with van der Waals surface area (Å²) in [5.41, 5.74) is 0.463. The van der Waals surface area contributed by atoms with Gasteiger partial charge in [0, 0.05) is 4.57 Å². The largest absolute Gasteiger partial charge is 0.747 e. The molecule has 0 amide bonds. The average Bonchev–Trinajstić information content (AvgIpc) is 2.26. The van der Waals surface area contributed by atoms with Crippen LogP contribution in [0.15, 0.2) is 29.6 Å². The molecule has 0 heterocycles. The van der Waals surface area contributed by atoms with Gasteiger partial charge in [-0.3, -0.25) is 0 Å². The predicted molar refractivity (Wildman–Crippen MR) is 57.1 cm³/mol. The minimum Gasteiger partial charge on any atom is -0.394 e. The first kappa shape index (κ1) is 12.5. The van der Waals surface area contributed by atoms with E-state index in [4.69, 9.17) is 10.00 Å². The van der Waals surface area contributed by atoms with Crippen LogP contribution in [0.4, 0.5) is 5.69 Å².